The number of rotatable bonds is 8. The van der Waals surface area contributed by atoms with Gasteiger partial charge in [-0.15, -0.1) is 0 Å². The Hall–Kier alpha value is -5.25. The molecule has 4 heterocycles. The van der Waals surface area contributed by atoms with Gasteiger partial charge in [-0.3, -0.25) is 14.8 Å². The van der Waals surface area contributed by atoms with Crippen molar-refractivity contribution in [2.24, 2.45) is 0 Å². The Morgan fingerprint density at radius 2 is 0.920 bits per heavy atom. The number of ether oxygens (including phenoxy) is 2. The summed E-state index contributed by atoms with van der Waals surface area (Å²) >= 11 is 0. The summed E-state index contributed by atoms with van der Waals surface area (Å²) in [5.74, 6) is 1.48. The van der Waals surface area contributed by atoms with Crippen LogP contribution in [0, 0.1) is 0 Å². The number of carbonyl (C=O) groups excluding carboxylic acids is 1. The van der Waals surface area contributed by atoms with Crippen molar-refractivity contribution in [2.45, 2.75) is 25.7 Å². The second-order valence-corrected chi connectivity index (χ2v) is 13.2. The molecule has 50 heavy (non-hydrogen) atoms. The maximum absolute atomic E-state index is 13.7. The second-order valence-electron chi connectivity index (χ2n) is 13.2. The zero-order valence-electron chi connectivity index (χ0n) is 28.5. The largest absolute Gasteiger partial charge is 0.378 e. The lowest BCUT2D eigenvalue weighted by Crippen LogP contribution is -2.36. The third kappa shape index (κ3) is 6.54. The molecular weight excluding hydrogens is 624 g/mol. The van der Waals surface area contributed by atoms with Crippen LogP contribution in [0.5, 0.6) is 0 Å². The summed E-state index contributed by atoms with van der Waals surface area (Å²) in [7, 11) is 0. The number of hydrogen-bond donors (Lipinski definition) is 0. The predicted octanol–water partition coefficient (Wildman–Crippen LogP) is 7.06. The van der Waals surface area contributed by atoms with Gasteiger partial charge in [-0.1, -0.05) is 74.5 Å². The Labute approximate surface area is 291 Å². The molecule has 0 spiro atoms. The predicted molar refractivity (Wildman–Crippen MR) is 198 cm³/mol. The highest BCUT2D eigenvalue weighted by molar-refractivity contribution is 5.91. The van der Waals surface area contributed by atoms with E-state index in [4.69, 9.17) is 19.4 Å². The van der Waals surface area contributed by atoms with Crippen molar-refractivity contribution in [3.8, 4) is 22.3 Å². The molecule has 0 N–H and O–H groups in total. The van der Waals surface area contributed by atoms with E-state index in [-0.39, 0.29) is 17.6 Å². The van der Waals surface area contributed by atoms with E-state index < -0.39 is 0 Å². The molecule has 6 aromatic rings. The van der Waals surface area contributed by atoms with E-state index in [2.05, 4.69) is 92.6 Å². The van der Waals surface area contributed by atoms with Gasteiger partial charge in [-0.2, -0.15) is 0 Å². The van der Waals surface area contributed by atoms with Crippen LogP contribution in [-0.2, 0) is 14.3 Å². The fraction of sp³-hybridized carbons (Fsp3) is 0.293. The van der Waals surface area contributed by atoms with Crippen LogP contribution in [0.25, 0.3) is 44.3 Å². The van der Waals surface area contributed by atoms with Gasteiger partial charge in [0, 0.05) is 38.0 Å². The molecule has 2 unspecified atom stereocenters. The molecule has 8 rings (SSSR count). The lowest BCUT2D eigenvalue weighted by Gasteiger charge is -2.27. The molecule has 4 aromatic carbocycles. The normalized spacial score (nSPS) is 16.4. The molecule has 2 fully saturated rings. The van der Waals surface area contributed by atoms with Gasteiger partial charge in [-0.25, -0.2) is 9.97 Å². The highest BCUT2D eigenvalue weighted by Gasteiger charge is 2.23. The number of aromatic nitrogens is 4. The van der Waals surface area contributed by atoms with Gasteiger partial charge in [0.05, 0.1) is 60.9 Å². The zero-order chi connectivity index (χ0) is 34.0. The zero-order valence-corrected chi connectivity index (χ0v) is 28.5. The van der Waals surface area contributed by atoms with E-state index in [0.29, 0.717) is 26.4 Å². The molecule has 0 saturated carbocycles. The minimum atomic E-state index is -0.239. The molecule has 9 heteroatoms. The molecule has 0 bridgehead atoms. The summed E-state index contributed by atoms with van der Waals surface area (Å²) in [4.78, 5) is 37.3. The molecule has 9 nitrogen and oxygen atoms in total. The lowest BCUT2D eigenvalue weighted by molar-refractivity contribution is -0.121. The minimum Gasteiger partial charge on any atom is -0.378 e. The lowest BCUT2D eigenvalue weighted by atomic mass is 9.85. The smallest absolute Gasteiger partial charge is 0.148 e. The number of hydrogen-bond acceptors (Lipinski definition) is 9. The van der Waals surface area contributed by atoms with Crippen molar-refractivity contribution >= 4 is 39.5 Å². The molecule has 0 radical (unpaired) electrons. The summed E-state index contributed by atoms with van der Waals surface area (Å²) in [5.41, 5.74) is 9.78. The van der Waals surface area contributed by atoms with Gasteiger partial charge >= 0.3 is 0 Å². The van der Waals surface area contributed by atoms with Crippen LogP contribution in [0.15, 0.2) is 97.3 Å². The van der Waals surface area contributed by atoms with Gasteiger partial charge in [0.25, 0.3) is 0 Å². The minimum absolute atomic E-state index is 0.193. The van der Waals surface area contributed by atoms with E-state index in [1.807, 2.05) is 38.4 Å². The van der Waals surface area contributed by atoms with Crippen LogP contribution < -0.4 is 9.80 Å². The SMILES string of the molecule is CC(C(=O)C(C)c1ccc(-c2ccc3ncc(N4CCOCC4)nc3c2)cc1)c1ccc(-c2ccc3ncc(N4CCOCC4)nc3c2)cc1. The van der Waals surface area contributed by atoms with E-state index in [9.17, 15) is 4.79 Å². The van der Waals surface area contributed by atoms with Crippen molar-refractivity contribution in [1.29, 1.82) is 0 Å². The third-order valence-electron chi connectivity index (χ3n) is 10.1. The molecule has 0 aliphatic carbocycles. The van der Waals surface area contributed by atoms with E-state index in [1.165, 1.54) is 0 Å². The summed E-state index contributed by atoms with van der Waals surface area (Å²) in [6.07, 6.45) is 3.69. The highest BCUT2D eigenvalue weighted by Crippen LogP contribution is 2.31. The Morgan fingerprint density at radius 1 is 0.540 bits per heavy atom. The molecule has 2 aromatic heterocycles. The topological polar surface area (TPSA) is 93.6 Å². The van der Waals surface area contributed by atoms with Crippen LogP contribution in [0.1, 0.15) is 36.8 Å². The van der Waals surface area contributed by atoms with Gasteiger partial charge < -0.3 is 19.3 Å². The van der Waals surface area contributed by atoms with Crippen molar-refractivity contribution in [3.63, 3.8) is 0 Å². The molecule has 2 saturated heterocycles. The molecule has 2 aliphatic rings. The molecule has 0 amide bonds. The maximum atomic E-state index is 13.7. The van der Waals surface area contributed by atoms with Crippen LogP contribution >= 0.6 is 0 Å². The Bertz CT molecular complexity index is 1990. The summed E-state index contributed by atoms with van der Waals surface area (Å²) in [6.45, 7) is 10.1. The third-order valence-corrected chi connectivity index (χ3v) is 10.1. The number of carbonyl (C=O) groups is 1. The van der Waals surface area contributed by atoms with Crippen molar-refractivity contribution in [1.82, 2.24) is 19.9 Å². The standard InChI is InChI=1S/C41H40N6O3/c1-27(29-3-7-31(8-4-29)33-11-13-35-37(23-33)44-39(25-42-35)46-15-19-49-20-16-46)41(48)28(2)30-5-9-32(10-6-30)34-12-14-36-38(24-34)45-40(26-43-36)47-17-21-50-22-18-47/h3-14,23-28H,15-22H2,1-2H3. The second kappa shape index (κ2) is 13.9. The monoisotopic (exact) mass is 664 g/mol. The van der Waals surface area contributed by atoms with Crippen LogP contribution in [0.4, 0.5) is 11.6 Å². The van der Waals surface area contributed by atoms with Crippen LogP contribution in [0.2, 0.25) is 0 Å². The first-order valence-corrected chi connectivity index (χ1v) is 17.4. The van der Waals surface area contributed by atoms with E-state index in [0.717, 1.165) is 93.3 Å². The fourth-order valence-corrected chi connectivity index (χ4v) is 6.88. The van der Waals surface area contributed by atoms with Gasteiger partial charge in [-0.05, 0) is 57.6 Å². The summed E-state index contributed by atoms with van der Waals surface area (Å²) < 4.78 is 11.0. The Morgan fingerprint density at radius 3 is 1.32 bits per heavy atom. The highest BCUT2D eigenvalue weighted by atomic mass is 16.5. The Kier molecular flexibility index (Phi) is 8.91. The van der Waals surface area contributed by atoms with Gasteiger partial charge in [0.2, 0.25) is 0 Å². The maximum Gasteiger partial charge on any atom is 0.148 e. The number of Topliss-reactive ketones (excluding diaryl/α,β-unsaturated/α-hetero) is 1. The molecule has 2 aliphatic heterocycles. The van der Waals surface area contributed by atoms with Gasteiger partial charge in [0.15, 0.2) is 0 Å². The first kappa shape index (κ1) is 32.0. The van der Waals surface area contributed by atoms with Crippen molar-refractivity contribution < 1.29 is 14.3 Å². The average molecular weight is 665 g/mol. The number of nitrogens with zero attached hydrogens (tertiary/aromatic N) is 6. The van der Waals surface area contributed by atoms with E-state index >= 15 is 0 Å². The Balaban J connectivity index is 0.948. The van der Waals surface area contributed by atoms with Gasteiger partial charge in [0.1, 0.15) is 17.4 Å². The quantitative estimate of drug-likeness (QED) is 0.170. The van der Waals surface area contributed by atoms with Crippen LogP contribution in [-0.4, -0.2) is 78.3 Å². The fourth-order valence-electron chi connectivity index (χ4n) is 6.88. The summed E-state index contributed by atoms with van der Waals surface area (Å²) in [6, 6.07) is 29.0. The number of ketones is 1. The first-order chi connectivity index (χ1) is 24.5. The average Bonchev–Trinajstić information content (AvgIpc) is 3.20. The van der Waals surface area contributed by atoms with Crippen molar-refractivity contribution in [2.75, 3.05) is 62.4 Å². The number of benzene rings is 4. The number of anilines is 2. The number of morpholine rings is 2. The molecule has 252 valence electrons. The number of fused-ring (bicyclic) bond motifs is 2. The first-order valence-electron chi connectivity index (χ1n) is 17.4. The van der Waals surface area contributed by atoms with Crippen LogP contribution in [0.3, 0.4) is 0 Å². The summed E-state index contributed by atoms with van der Waals surface area (Å²) in [5, 5.41) is 0. The van der Waals surface area contributed by atoms with Crippen molar-refractivity contribution in [3.05, 3.63) is 108 Å². The van der Waals surface area contributed by atoms with E-state index in [1.54, 1.807) is 0 Å². The molecular formula is C41H40N6O3. The molecule has 2 atom stereocenters.